The van der Waals surface area contributed by atoms with Crippen LogP contribution in [0.25, 0.3) is 0 Å². The molecular weight excluding hydrogens is 260 g/mol. The summed E-state index contributed by atoms with van der Waals surface area (Å²) in [6, 6.07) is 11.5. The Labute approximate surface area is 117 Å². The predicted octanol–water partition coefficient (Wildman–Crippen LogP) is 3.67. The van der Waals surface area contributed by atoms with Crippen molar-refractivity contribution in [3.63, 3.8) is 0 Å². The highest BCUT2D eigenvalue weighted by molar-refractivity contribution is 6.31. The molecule has 0 bridgehead atoms. The SMILES string of the molecule is Cc1c(Cl)cccc1C(O)c1cccc2c1OCC2. The summed E-state index contributed by atoms with van der Waals surface area (Å²) in [6.45, 7) is 2.61. The van der Waals surface area contributed by atoms with E-state index in [2.05, 4.69) is 0 Å². The topological polar surface area (TPSA) is 29.5 Å². The molecule has 3 rings (SSSR count). The van der Waals surface area contributed by atoms with Crippen LogP contribution in [0.1, 0.15) is 28.4 Å². The molecule has 0 fully saturated rings. The van der Waals surface area contributed by atoms with E-state index in [1.54, 1.807) is 0 Å². The Bertz CT molecular complexity index is 622. The molecule has 2 aromatic carbocycles. The lowest BCUT2D eigenvalue weighted by atomic mass is 9.95. The van der Waals surface area contributed by atoms with Crippen molar-refractivity contribution < 1.29 is 9.84 Å². The molecule has 0 aliphatic carbocycles. The van der Waals surface area contributed by atoms with Crippen LogP contribution in [-0.4, -0.2) is 11.7 Å². The summed E-state index contributed by atoms with van der Waals surface area (Å²) in [5.41, 5.74) is 3.72. The van der Waals surface area contributed by atoms with E-state index in [0.29, 0.717) is 11.6 Å². The molecule has 1 N–H and O–H groups in total. The number of hydrogen-bond acceptors (Lipinski definition) is 2. The molecule has 0 radical (unpaired) electrons. The molecule has 98 valence electrons. The van der Waals surface area contributed by atoms with E-state index in [-0.39, 0.29) is 0 Å². The molecule has 1 aliphatic heterocycles. The van der Waals surface area contributed by atoms with E-state index in [0.717, 1.165) is 34.4 Å². The standard InChI is InChI=1S/C16H15ClO2/c1-10-12(5-3-7-14(10)17)15(18)13-6-2-4-11-8-9-19-16(11)13/h2-7,15,18H,8-9H2,1H3. The zero-order valence-electron chi connectivity index (χ0n) is 10.7. The fraction of sp³-hybridized carbons (Fsp3) is 0.250. The minimum atomic E-state index is -0.702. The lowest BCUT2D eigenvalue weighted by molar-refractivity contribution is 0.213. The maximum Gasteiger partial charge on any atom is 0.128 e. The first-order valence-corrected chi connectivity index (χ1v) is 6.74. The van der Waals surface area contributed by atoms with Crippen LogP contribution < -0.4 is 4.74 Å². The zero-order chi connectivity index (χ0) is 13.4. The van der Waals surface area contributed by atoms with Gasteiger partial charge in [-0.1, -0.05) is 41.9 Å². The van der Waals surface area contributed by atoms with Crippen LogP contribution in [0.15, 0.2) is 36.4 Å². The fourth-order valence-electron chi connectivity index (χ4n) is 2.54. The van der Waals surface area contributed by atoms with E-state index in [1.807, 2.05) is 43.3 Å². The van der Waals surface area contributed by atoms with Gasteiger partial charge in [-0.25, -0.2) is 0 Å². The summed E-state index contributed by atoms with van der Waals surface area (Å²) < 4.78 is 5.65. The third-order valence-electron chi connectivity index (χ3n) is 3.64. The Morgan fingerprint density at radius 3 is 2.74 bits per heavy atom. The molecule has 0 saturated heterocycles. The molecule has 2 aromatic rings. The third-order valence-corrected chi connectivity index (χ3v) is 4.05. The van der Waals surface area contributed by atoms with Gasteiger partial charge in [0.15, 0.2) is 0 Å². The Morgan fingerprint density at radius 2 is 1.89 bits per heavy atom. The molecule has 0 amide bonds. The van der Waals surface area contributed by atoms with Crippen molar-refractivity contribution >= 4 is 11.6 Å². The van der Waals surface area contributed by atoms with Crippen molar-refractivity contribution in [3.8, 4) is 5.75 Å². The molecule has 1 atom stereocenters. The summed E-state index contributed by atoms with van der Waals surface area (Å²) in [4.78, 5) is 0. The number of halogens is 1. The fourth-order valence-corrected chi connectivity index (χ4v) is 2.73. The van der Waals surface area contributed by atoms with Gasteiger partial charge in [-0.05, 0) is 29.7 Å². The van der Waals surface area contributed by atoms with Crippen LogP contribution >= 0.6 is 11.6 Å². The Balaban J connectivity index is 2.08. The number of rotatable bonds is 2. The summed E-state index contributed by atoms with van der Waals surface area (Å²) in [7, 11) is 0. The first-order chi connectivity index (χ1) is 9.18. The zero-order valence-corrected chi connectivity index (χ0v) is 11.4. The van der Waals surface area contributed by atoms with Gasteiger partial charge in [0.2, 0.25) is 0 Å². The van der Waals surface area contributed by atoms with Gasteiger partial charge < -0.3 is 9.84 Å². The predicted molar refractivity (Wildman–Crippen MR) is 75.9 cm³/mol. The molecular formula is C16H15ClO2. The minimum absolute atomic E-state index is 0.671. The van der Waals surface area contributed by atoms with Crippen LogP contribution in [-0.2, 0) is 6.42 Å². The van der Waals surface area contributed by atoms with E-state index in [1.165, 1.54) is 0 Å². The van der Waals surface area contributed by atoms with Crippen molar-refractivity contribution in [1.29, 1.82) is 0 Å². The quantitative estimate of drug-likeness (QED) is 0.905. The number of hydrogen-bond donors (Lipinski definition) is 1. The average Bonchev–Trinajstić information content (AvgIpc) is 2.89. The third kappa shape index (κ3) is 2.11. The lowest BCUT2D eigenvalue weighted by Gasteiger charge is -2.17. The van der Waals surface area contributed by atoms with Crippen molar-refractivity contribution in [2.45, 2.75) is 19.4 Å². The second-order valence-electron chi connectivity index (χ2n) is 4.79. The highest BCUT2D eigenvalue weighted by Gasteiger charge is 2.23. The van der Waals surface area contributed by atoms with E-state index < -0.39 is 6.10 Å². The van der Waals surface area contributed by atoms with Crippen molar-refractivity contribution in [3.05, 3.63) is 63.7 Å². The van der Waals surface area contributed by atoms with Crippen LogP contribution in [0.3, 0.4) is 0 Å². The smallest absolute Gasteiger partial charge is 0.128 e. The summed E-state index contributed by atoms with van der Waals surface area (Å²) in [5.74, 6) is 0.828. The first kappa shape index (κ1) is 12.5. The first-order valence-electron chi connectivity index (χ1n) is 6.36. The van der Waals surface area contributed by atoms with Gasteiger partial charge in [-0.3, -0.25) is 0 Å². The monoisotopic (exact) mass is 274 g/mol. The summed E-state index contributed by atoms with van der Waals surface area (Å²) >= 11 is 6.12. The average molecular weight is 275 g/mol. The van der Waals surface area contributed by atoms with Crippen LogP contribution in [0.4, 0.5) is 0 Å². The van der Waals surface area contributed by atoms with Crippen molar-refractivity contribution in [1.82, 2.24) is 0 Å². The van der Waals surface area contributed by atoms with Gasteiger partial charge in [0, 0.05) is 17.0 Å². The Kier molecular flexibility index (Phi) is 3.21. The van der Waals surface area contributed by atoms with Gasteiger partial charge in [0.25, 0.3) is 0 Å². The number of aliphatic hydroxyl groups excluding tert-OH is 1. The second-order valence-corrected chi connectivity index (χ2v) is 5.20. The number of para-hydroxylation sites is 1. The maximum atomic E-state index is 10.6. The normalized spacial score (nSPS) is 14.9. The second kappa shape index (κ2) is 4.87. The summed E-state index contributed by atoms with van der Waals surface area (Å²) in [5, 5.41) is 11.3. The largest absolute Gasteiger partial charge is 0.493 e. The molecule has 19 heavy (non-hydrogen) atoms. The van der Waals surface area contributed by atoms with Gasteiger partial charge in [-0.15, -0.1) is 0 Å². The molecule has 1 heterocycles. The number of fused-ring (bicyclic) bond motifs is 1. The molecule has 0 spiro atoms. The van der Waals surface area contributed by atoms with Gasteiger partial charge in [-0.2, -0.15) is 0 Å². The van der Waals surface area contributed by atoms with Gasteiger partial charge in [0.05, 0.1) is 6.61 Å². The van der Waals surface area contributed by atoms with E-state index in [9.17, 15) is 5.11 Å². The Hall–Kier alpha value is -1.51. The van der Waals surface area contributed by atoms with Crippen LogP contribution in [0.2, 0.25) is 5.02 Å². The summed E-state index contributed by atoms with van der Waals surface area (Å²) in [6.07, 6.45) is 0.205. The molecule has 0 saturated carbocycles. The number of ether oxygens (including phenoxy) is 1. The Morgan fingerprint density at radius 1 is 1.16 bits per heavy atom. The number of benzene rings is 2. The molecule has 2 nitrogen and oxygen atoms in total. The molecule has 1 aliphatic rings. The highest BCUT2D eigenvalue weighted by atomic mass is 35.5. The highest BCUT2D eigenvalue weighted by Crippen LogP contribution is 2.37. The molecule has 1 unspecified atom stereocenters. The van der Waals surface area contributed by atoms with Crippen LogP contribution in [0.5, 0.6) is 5.75 Å². The van der Waals surface area contributed by atoms with E-state index in [4.69, 9.17) is 16.3 Å². The molecule has 0 aromatic heterocycles. The van der Waals surface area contributed by atoms with E-state index >= 15 is 0 Å². The molecule has 3 heteroatoms. The minimum Gasteiger partial charge on any atom is -0.493 e. The van der Waals surface area contributed by atoms with Crippen molar-refractivity contribution in [2.75, 3.05) is 6.61 Å². The lowest BCUT2D eigenvalue weighted by Crippen LogP contribution is -2.04. The van der Waals surface area contributed by atoms with Crippen LogP contribution in [0, 0.1) is 6.92 Å². The maximum absolute atomic E-state index is 10.6. The van der Waals surface area contributed by atoms with Gasteiger partial charge >= 0.3 is 0 Å². The number of aliphatic hydroxyl groups is 1. The van der Waals surface area contributed by atoms with Gasteiger partial charge in [0.1, 0.15) is 11.9 Å². The van der Waals surface area contributed by atoms with Crippen molar-refractivity contribution in [2.24, 2.45) is 0 Å².